The molecule has 8 nitrogen and oxygen atoms in total. The molecule has 0 aliphatic heterocycles. The van der Waals surface area contributed by atoms with Gasteiger partial charge in [-0.2, -0.15) is 0 Å². The fourth-order valence-electron chi connectivity index (χ4n) is 13.8. The number of carbonyl (C=O) groups excluding carboxylic acids is 2. The van der Waals surface area contributed by atoms with Crippen molar-refractivity contribution >= 4 is 17.7 Å². The van der Waals surface area contributed by atoms with Crippen molar-refractivity contribution in [2.24, 2.45) is 56.2 Å². The summed E-state index contributed by atoms with van der Waals surface area (Å²) in [4.78, 5) is 43.7. The fraction of sp³-hybridized carbons (Fsp3) is 0.771. The highest BCUT2D eigenvalue weighted by Gasteiger charge is 2.71. The summed E-state index contributed by atoms with van der Waals surface area (Å²) in [6.07, 6.45) is 6.88. The molecule has 4 fully saturated rings. The maximum absolute atomic E-state index is 14.3. The van der Waals surface area contributed by atoms with Crippen molar-refractivity contribution in [1.29, 1.82) is 0 Å². The molecule has 318 valence electrons. The monoisotopic (exact) mass is 793 g/mol. The van der Waals surface area contributed by atoms with Crippen molar-refractivity contribution in [3.63, 3.8) is 0 Å². The first-order chi connectivity index (χ1) is 26.4. The third-order valence-electron chi connectivity index (χ3n) is 17.1. The van der Waals surface area contributed by atoms with Crippen LogP contribution < -0.4 is 0 Å². The van der Waals surface area contributed by atoms with Gasteiger partial charge in [0, 0.05) is 43.4 Å². The number of hydrogen-bond acceptors (Lipinski definition) is 7. The van der Waals surface area contributed by atoms with Crippen LogP contribution in [0.5, 0.6) is 0 Å². The number of aliphatic hydroxyl groups is 1. The highest BCUT2D eigenvalue weighted by atomic mass is 19.1. The number of carbonyl (C=O) groups is 3. The van der Waals surface area contributed by atoms with E-state index in [4.69, 9.17) is 4.74 Å². The first kappa shape index (κ1) is 43.9. The molecule has 1 aromatic carbocycles. The Morgan fingerprint density at radius 1 is 0.912 bits per heavy atom. The molecule has 0 aromatic heterocycles. The molecule has 0 saturated heterocycles. The molecular weight excluding hydrogens is 720 g/mol. The van der Waals surface area contributed by atoms with E-state index in [1.54, 1.807) is 13.8 Å². The number of ether oxygens (including phenoxy) is 1. The number of aliphatic hydroxyl groups excluding tert-OH is 1. The minimum absolute atomic E-state index is 0.0183. The number of carboxylic acid groups (broad SMARTS) is 1. The average molecular weight is 793 g/mol. The summed E-state index contributed by atoms with van der Waals surface area (Å²) in [5.41, 5.74) is 1.21. The number of hydrogen-bond donors (Lipinski definition) is 2. The Kier molecular flexibility index (Phi) is 11.9. The zero-order chi connectivity index (χ0) is 42.1. The van der Waals surface area contributed by atoms with Crippen LogP contribution in [0.3, 0.4) is 0 Å². The third kappa shape index (κ3) is 7.47. The quantitative estimate of drug-likeness (QED) is 0.191. The van der Waals surface area contributed by atoms with Crippen LogP contribution in [0.1, 0.15) is 132 Å². The van der Waals surface area contributed by atoms with E-state index in [1.807, 2.05) is 12.1 Å². The topological polar surface area (TPSA) is 107 Å². The van der Waals surface area contributed by atoms with Crippen LogP contribution in [0.25, 0.3) is 0 Å². The Morgan fingerprint density at radius 3 is 2.19 bits per heavy atom. The van der Waals surface area contributed by atoms with Crippen LogP contribution in [0.15, 0.2) is 35.4 Å². The number of esters is 1. The highest BCUT2D eigenvalue weighted by molar-refractivity contribution is 6.00. The van der Waals surface area contributed by atoms with Crippen molar-refractivity contribution in [2.45, 2.75) is 145 Å². The van der Waals surface area contributed by atoms with Crippen LogP contribution in [0.4, 0.5) is 4.39 Å². The molecule has 0 unspecified atom stereocenters. The van der Waals surface area contributed by atoms with Gasteiger partial charge in [-0.1, -0.05) is 66.2 Å². The second-order valence-corrected chi connectivity index (χ2v) is 21.7. The lowest BCUT2D eigenvalue weighted by atomic mass is 9.33. The second-order valence-electron chi connectivity index (χ2n) is 21.7. The van der Waals surface area contributed by atoms with Crippen LogP contribution in [0.2, 0.25) is 0 Å². The van der Waals surface area contributed by atoms with Crippen LogP contribution in [-0.4, -0.2) is 83.7 Å². The number of nitrogens with zero attached hydrogens (tertiary/aromatic N) is 2. The van der Waals surface area contributed by atoms with Crippen molar-refractivity contribution in [1.82, 2.24) is 9.80 Å². The van der Waals surface area contributed by atoms with E-state index in [0.29, 0.717) is 31.3 Å². The Bertz CT molecular complexity index is 1740. The molecule has 9 atom stereocenters. The largest absolute Gasteiger partial charge is 0.481 e. The number of fused-ring (bicyclic) bond motifs is 7. The van der Waals surface area contributed by atoms with Gasteiger partial charge < -0.3 is 19.8 Å². The third-order valence-corrected chi connectivity index (χ3v) is 17.1. The summed E-state index contributed by atoms with van der Waals surface area (Å²) in [7, 11) is 4.10. The van der Waals surface area contributed by atoms with E-state index in [2.05, 4.69) is 72.4 Å². The average Bonchev–Trinajstić information content (AvgIpc) is 3.42. The molecule has 0 radical (unpaired) electrons. The molecule has 57 heavy (non-hydrogen) atoms. The number of likely N-dealkylation sites (N-methyl/N-ethyl adjacent to an activating group) is 1. The molecule has 5 aliphatic rings. The molecule has 0 spiro atoms. The van der Waals surface area contributed by atoms with E-state index < -0.39 is 28.9 Å². The number of allylic oxidation sites excluding steroid dienone is 1. The number of halogens is 1. The molecule has 6 rings (SSSR count). The second kappa shape index (κ2) is 15.4. The van der Waals surface area contributed by atoms with E-state index in [9.17, 15) is 29.0 Å². The van der Waals surface area contributed by atoms with E-state index in [0.717, 1.165) is 75.6 Å². The number of rotatable bonds is 13. The van der Waals surface area contributed by atoms with Gasteiger partial charge in [-0.3, -0.25) is 19.3 Å². The Morgan fingerprint density at radius 2 is 1.58 bits per heavy atom. The molecule has 0 heterocycles. The summed E-state index contributed by atoms with van der Waals surface area (Å²) in [6, 6.07) is 6.65. The summed E-state index contributed by atoms with van der Waals surface area (Å²) in [5.74, 6) is -0.380. The number of Topliss-reactive ketones (excluding diaryl/α,β-unsaturated/α-hetero) is 1. The lowest BCUT2D eigenvalue weighted by Crippen LogP contribution is -2.66. The minimum atomic E-state index is -1.18. The first-order valence-corrected chi connectivity index (χ1v) is 21.9. The summed E-state index contributed by atoms with van der Waals surface area (Å²) < 4.78 is 20.0. The van der Waals surface area contributed by atoms with E-state index in [-0.39, 0.29) is 57.6 Å². The molecular formula is C48H73FN2O6. The van der Waals surface area contributed by atoms with Gasteiger partial charge in [0.2, 0.25) is 0 Å². The fourth-order valence-corrected chi connectivity index (χ4v) is 13.8. The number of carboxylic acids is 1. The van der Waals surface area contributed by atoms with E-state index in [1.165, 1.54) is 17.7 Å². The van der Waals surface area contributed by atoms with Crippen LogP contribution in [0, 0.1) is 62.0 Å². The minimum Gasteiger partial charge on any atom is -0.481 e. The zero-order valence-electron chi connectivity index (χ0n) is 37.0. The predicted molar refractivity (Wildman–Crippen MR) is 222 cm³/mol. The van der Waals surface area contributed by atoms with Gasteiger partial charge in [0.15, 0.2) is 5.78 Å². The van der Waals surface area contributed by atoms with Crippen molar-refractivity contribution in [3.8, 4) is 0 Å². The van der Waals surface area contributed by atoms with Crippen molar-refractivity contribution in [2.75, 3.05) is 33.7 Å². The van der Waals surface area contributed by atoms with Gasteiger partial charge in [0.05, 0.1) is 17.9 Å². The standard InChI is InChI=1S/C48H73FN2O6/c1-30(2)40-34(52)26-48(37(53)29-51(25-24-50(10)11)28-31-12-14-32(49)15-13-31)23-22-46(8)33(41(40)48)16-17-36-45(7)20-19-38(57-39(54)27-43(3,4)42(55)56)44(5,6)35(45)18-21-47(36,46)9/h12-15,30,33,35-38,53H,16-29H2,1-11H3,(H,55,56)/t33-,35+,36-,37+,38+,45+,46-,47-,48-/m1/s1. The van der Waals surface area contributed by atoms with Gasteiger partial charge >= 0.3 is 11.9 Å². The van der Waals surface area contributed by atoms with Crippen molar-refractivity contribution < 1.29 is 33.7 Å². The van der Waals surface area contributed by atoms with Gasteiger partial charge in [0.1, 0.15) is 11.9 Å². The SMILES string of the molecule is CC(C)C1=C2[C@H]3CC[C@@H]4[C@@]5(C)CC[C@H](OC(=O)CC(C)(C)C(=O)O)C(C)(C)[C@@H]5CC[C@@]4(C)[C@]3(C)CC[C@]2([C@@H](O)CN(CCN(C)C)Cc2ccc(F)cc2)CC1=O. The molecule has 0 bridgehead atoms. The van der Waals surface area contributed by atoms with Crippen LogP contribution >= 0.6 is 0 Å². The van der Waals surface area contributed by atoms with Gasteiger partial charge in [-0.05, 0) is 142 Å². The van der Waals surface area contributed by atoms with Gasteiger partial charge in [-0.25, -0.2) is 4.39 Å². The lowest BCUT2D eigenvalue weighted by molar-refractivity contribution is -0.235. The Hall–Kier alpha value is -2.62. The molecule has 4 saturated carbocycles. The van der Waals surface area contributed by atoms with Gasteiger partial charge in [0.25, 0.3) is 0 Å². The number of ketones is 1. The van der Waals surface area contributed by atoms with Crippen LogP contribution in [-0.2, 0) is 25.7 Å². The number of benzene rings is 1. The molecule has 5 aliphatic carbocycles. The smallest absolute Gasteiger partial charge is 0.309 e. The predicted octanol–water partition coefficient (Wildman–Crippen LogP) is 8.94. The summed E-state index contributed by atoms with van der Waals surface area (Å²) in [6.45, 7) is 22.2. The summed E-state index contributed by atoms with van der Waals surface area (Å²) in [5, 5.41) is 22.3. The molecule has 2 N–H and O–H groups in total. The highest BCUT2D eigenvalue weighted by Crippen LogP contribution is 2.77. The number of aliphatic carboxylic acids is 1. The zero-order valence-corrected chi connectivity index (χ0v) is 37.0. The normalized spacial score (nSPS) is 35.5. The molecule has 9 heteroatoms. The maximum Gasteiger partial charge on any atom is 0.309 e. The molecule has 1 aromatic rings. The van der Waals surface area contributed by atoms with Gasteiger partial charge in [-0.15, -0.1) is 0 Å². The van der Waals surface area contributed by atoms with E-state index >= 15 is 0 Å². The Balaban J connectivity index is 1.29. The summed E-state index contributed by atoms with van der Waals surface area (Å²) >= 11 is 0. The first-order valence-electron chi connectivity index (χ1n) is 21.9. The maximum atomic E-state index is 14.3. The Labute approximate surface area is 342 Å². The van der Waals surface area contributed by atoms with Crippen molar-refractivity contribution in [3.05, 3.63) is 46.8 Å². The molecule has 0 amide bonds. The lowest BCUT2D eigenvalue weighted by Gasteiger charge is -2.72.